The van der Waals surface area contributed by atoms with Gasteiger partial charge in [0.15, 0.2) is 17.5 Å². The van der Waals surface area contributed by atoms with Crippen molar-refractivity contribution in [3.8, 4) is 0 Å². The van der Waals surface area contributed by atoms with Crippen molar-refractivity contribution in [3.63, 3.8) is 0 Å². The monoisotopic (exact) mass is 291 g/mol. The van der Waals surface area contributed by atoms with Crippen LogP contribution in [0, 0.1) is 17.5 Å². The molecule has 112 valence electrons. The van der Waals surface area contributed by atoms with Gasteiger partial charge in [-0.1, -0.05) is 0 Å². The minimum atomic E-state index is -1.57. The Balaban J connectivity index is 2.45. The van der Waals surface area contributed by atoms with Crippen LogP contribution in [-0.4, -0.2) is 23.8 Å². The third kappa shape index (κ3) is 4.96. The zero-order valence-electron chi connectivity index (χ0n) is 10.8. The van der Waals surface area contributed by atoms with E-state index in [9.17, 15) is 18.0 Å². The summed E-state index contributed by atoms with van der Waals surface area (Å²) < 4.78 is 38.5. The third-order valence-electron chi connectivity index (χ3n) is 2.48. The molecule has 0 heterocycles. The van der Waals surface area contributed by atoms with Crippen LogP contribution in [0.15, 0.2) is 12.1 Å². The van der Waals surface area contributed by atoms with E-state index in [4.69, 9.17) is 5.11 Å². The SMILES string of the molecule is CC(CCCO)NC(=O)NNc1cc(F)c(F)c(F)c1. The largest absolute Gasteiger partial charge is 0.396 e. The maximum atomic E-state index is 12.9. The molecule has 0 aliphatic rings. The van der Waals surface area contributed by atoms with Crippen molar-refractivity contribution in [1.82, 2.24) is 10.7 Å². The highest BCUT2D eigenvalue weighted by Crippen LogP contribution is 2.16. The zero-order chi connectivity index (χ0) is 15.1. The predicted molar refractivity (Wildman–Crippen MR) is 67.4 cm³/mol. The number of aliphatic hydroxyl groups excluding tert-OH is 1. The minimum Gasteiger partial charge on any atom is -0.396 e. The van der Waals surface area contributed by atoms with E-state index < -0.39 is 23.5 Å². The highest BCUT2D eigenvalue weighted by atomic mass is 19.2. The van der Waals surface area contributed by atoms with Crippen LogP contribution in [0.1, 0.15) is 19.8 Å². The van der Waals surface area contributed by atoms with Crippen LogP contribution in [0.5, 0.6) is 0 Å². The van der Waals surface area contributed by atoms with Gasteiger partial charge >= 0.3 is 6.03 Å². The number of amides is 2. The van der Waals surface area contributed by atoms with E-state index in [-0.39, 0.29) is 18.3 Å². The molecule has 1 unspecified atom stereocenters. The number of aliphatic hydroxyl groups is 1. The molecule has 4 N–H and O–H groups in total. The molecule has 0 saturated heterocycles. The molecule has 1 atom stereocenters. The number of hydrogen-bond donors (Lipinski definition) is 4. The number of anilines is 1. The average molecular weight is 291 g/mol. The van der Waals surface area contributed by atoms with Gasteiger partial charge in [0.1, 0.15) is 0 Å². The lowest BCUT2D eigenvalue weighted by molar-refractivity contribution is 0.236. The van der Waals surface area contributed by atoms with E-state index >= 15 is 0 Å². The summed E-state index contributed by atoms with van der Waals surface area (Å²) >= 11 is 0. The second kappa shape index (κ2) is 7.59. The molecule has 5 nitrogen and oxygen atoms in total. The Morgan fingerprint density at radius 2 is 1.90 bits per heavy atom. The van der Waals surface area contributed by atoms with Crippen molar-refractivity contribution in [2.24, 2.45) is 0 Å². The Morgan fingerprint density at radius 3 is 2.45 bits per heavy atom. The Hall–Kier alpha value is -1.96. The molecule has 1 aromatic rings. The second-order valence-corrected chi connectivity index (χ2v) is 4.24. The summed E-state index contributed by atoms with van der Waals surface area (Å²) in [5, 5.41) is 11.2. The van der Waals surface area contributed by atoms with Crippen LogP contribution in [0.2, 0.25) is 0 Å². The molecule has 1 rings (SSSR count). The zero-order valence-corrected chi connectivity index (χ0v) is 10.8. The first-order chi connectivity index (χ1) is 9.43. The van der Waals surface area contributed by atoms with Gasteiger partial charge < -0.3 is 10.4 Å². The summed E-state index contributed by atoms with van der Waals surface area (Å²) in [6, 6.07) is 0.646. The number of rotatable bonds is 6. The van der Waals surface area contributed by atoms with Crippen LogP contribution in [0.4, 0.5) is 23.7 Å². The van der Waals surface area contributed by atoms with E-state index in [0.29, 0.717) is 25.0 Å². The Kier molecular flexibility index (Phi) is 6.10. The van der Waals surface area contributed by atoms with Gasteiger partial charge in [0.25, 0.3) is 0 Å². The van der Waals surface area contributed by atoms with E-state index in [1.165, 1.54) is 0 Å². The molecule has 0 fully saturated rings. The number of urea groups is 1. The molecule has 0 aromatic heterocycles. The molecule has 2 amide bonds. The summed E-state index contributed by atoms with van der Waals surface area (Å²) in [4.78, 5) is 11.4. The standard InChI is InChI=1S/C12H16F3N3O2/c1-7(3-2-4-19)16-12(20)18-17-8-5-9(13)11(15)10(14)6-8/h5-7,17,19H,2-4H2,1H3,(H2,16,18,20). The summed E-state index contributed by atoms with van der Waals surface area (Å²) in [6.45, 7) is 1.77. The number of carbonyl (C=O) groups excluding carboxylic acids is 1. The Morgan fingerprint density at radius 1 is 1.30 bits per heavy atom. The average Bonchev–Trinajstić information content (AvgIpc) is 2.40. The maximum absolute atomic E-state index is 12.9. The minimum absolute atomic E-state index is 0.0278. The smallest absolute Gasteiger partial charge is 0.333 e. The summed E-state index contributed by atoms with van der Waals surface area (Å²) in [5.74, 6) is -4.28. The fraction of sp³-hybridized carbons (Fsp3) is 0.417. The second-order valence-electron chi connectivity index (χ2n) is 4.24. The van der Waals surface area contributed by atoms with Gasteiger partial charge in [-0.25, -0.2) is 18.0 Å². The molecule has 8 heteroatoms. The molecule has 0 bridgehead atoms. The number of nitrogens with one attached hydrogen (secondary N) is 3. The Bertz CT molecular complexity index is 448. The lowest BCUT2D eigenvalue weighted by Crippen LogP contribution is -2.43. The topological polar surface area (TPSA) is 73.4 Å². The van der Waals surface area contributed by atoms with E-state index in [0.717, 1.165) is 0 Å². The number of benzene rings is 1. The number of hydrogen-bond acceptors (Lipinski definition) is 3. The van der Waals surface area contributed by atoms with Crippen LogP contribution in [0.3, 0.4) is 0 Å². The molecule has 0 saturated carbocycles. The fourth-order valence-electron chi connectivity index (χ4n) is 1.49. The maximum Gasteiger partial charge on any atom is 0.333 e. The Labute approximate surface area is 114 Å². The van der Waals surface area contributed by atoms with E-state index in [1.54, 1.807) is 6.92 Å². The van der Waals surface area contributed by atoms with Gasteiger partial charge in [0, 0.05) is 24.8 Å². The van der Waals surface area contributed by atoms with Gasteiger partial charge in [-0.3, -0.25) is 10.9 Å². The molecule has 1 aromatic carbocycles. The molecular formula is C12H16F3N3O2. The van der Waals surface area contributed by atoms with Crippen LogP contribution >= 0.6 is 0 Å². The van der Waals surface area contributed by atoms with Gasteiger partial charge in [-0.05, 0) is 19.8 Å². The third-order valence-corrected chi connectivity index (χ3v) is 2.48. The van der Waals surface area contributed by atoms with Crippen molar-refractivity contribution in [1.29, 1.82) is 0 Å². The lowest BCUT2D eigenvalue weighted by Gasteiger charge is -2.15. The quantitative estimate of drug-likeness (QED) is 0.478. The summed E-state index contributed by atoms with van der Waals surface area (Å²) in [5.41, 5.74) is 4.29. The van der Waals surface area contributed by atoms with Gasteiger partial charge in [0.05, 0.1) is 5.69 Å². The molecule has 0 aliphatic heterocycles. The van der Waals surface area contributed by atoms with Crippen molar-refractivity contribution < 1.29 is 23.1 Å². The molecular weight excluding hydrogens is 275 g/mol. The van der Waals surface area contributed by atoms with Crippen molar-refractivity contribution >= 4 is 11.7 Å². The summed E-state index contributed by atoms with van der Waals surface area (Å²) in [7, 11) is 0. The van der Waals surface area contributed by atoms with Gasteiger partial charge in [0.2, 0.25) is 0 Å². The molecule has 0 spiro atoms. The normalized spacial score (nSPS) is 11.8. The number of halogens is 3. The highest BCUT2D eigenvalue weighted by Gasteiger charge is 2.11. The summed E-state index contributed by atoms with van der Waals surface area (Å²) in [6.07, 6.45) is 1.13. The van der Waals surface area contributed by atoms with E-state index in [1.807, 2.05) is 0 Å². The molecule has 0 radical (unpaired) electrons. The number of hydrazine groups is 1. The van der Waals surface area contributed by atoms with Crippen LogP contribution in [-0.2, 0) is 0 Å². The van der Waals surface area contributed by atoms with Gasteiger partial charge in [-0.2, -0.15) is 0 Å². The highest BCUT2D eigenvalue weighted by molar-refractivity contribution is 5.75. The van der Waals surface area contributed by atoms with Crippen molar-refractivity contribution in [3.05, 3.63) is 29.6 Å². The number of carbonyl (C=O) groups is 1. The predicted octanol–water partition coefficient (Wildman–Crippen LogP) is 1.89. The van der Waals surface area contributed by atoms with Crippen molar-refractivity contribution in [2.75, 3.05) is 12.0 Å². The van der Waals surface area contributed by atoms with Crippen molar-refractivity contribution in [2.45, 2.75) is 25.8 Å². The first-order valence-electron chi connectivity index (χ1n) is 6.02. The van der Waals surface area contributed by atoms with Crippen LogP contribution < -0.4 is 16.2 Å². The van der Waals surface area contributed by atoms with Crippen LogP contribution in [0.25, 0.3) is 0 Å². The van der Waals surface area contributed by atoms with E-state index in [2.05, 4.69) is 16.2 Å². The fourth-order valence-corrected chi connectivity index (χ4v) is 1.49. The first-order valence-corrected chi connectivity index (χ1v) is 6.02. The first kappa shape index (κ1) is 16.1. The molecule has 20 heavy (non-hydrogen) atoms. The lowest BCUT2D eigenvalue weighted by atomic mass is 10.2. The molecule has 0 aliphatic carbocycles. The van der Waals surface area contributed by atoms with Gasteiger partial charge in [-0.15, -0.1) is 0 Å².